The van der Waals surface area contributed by atoms with Gasteiger partial charge in [0.15, 0.2) is 23.0 Å². The van der Waals surface area contributed by atoms with Crippen LogP contribution in [-0.4, -0.2) is 25.9 Å². The summed E-state index contributed by atoms with van der Waals surface area (Å²) in [6, 6.07) is 11.4. The van der Waals surface area contributed by atoms with Crippen molar-refractivity contribution in [1.82, 2.24) is 0 Å². The van der Waals surface area contributed by atoms with Gasteiger partial charge in [0, 0.05) is 11.8 Å². The van der Waals surface area contributed by atoms with E-state index >= 15 is 0 Å². The molecule has 2 aromatic rings. The lowest BCUT2D eigenvalue weighted by molar-refractivity contribution is -0.121. The van der Waals surface area contributed by atoms with Crippen LogP contribution in [0.5, 0.6) is 23.0 Å². The maximum atomic E-state index is 13.4. The van der Waals surface area contributed by atoms with Gasteiger partial charge in [-0.15, -0.1) is 0 Å². The zero-order valence-electron chi connectivity index (χ0n) is 15.0. The summed E-state index contributed by atoms with van der Waals surface area (Å²) in [5, 5.41) is 3.09. The van der Waals surface area contributed by atoms with Gasteiger partial charge in [-0.2, -0.15) is 0 Å². The summed E-state index contributed by atoms with van der Waals surface area (Å²) in [7, 11) is 0. The maximum Gasteiger partial charge on any atom is 0.235 e. The molecule has 1 fully saturated rings. The van der Waals surface area contributed by atoms with Crippen LogP contribution in [0.15, 0.2) is 36.4 Å². The second-order valence-corrected chi connectivity index (χ2v) is 7.17. The first-order valence-corrected chi connectivity index (χ1v) is 9.36. The summed E-state index contributed by atoms with van der Waals surface area (Å²) in [6.45, 7) is 1.31. The third kappa shape index (κ3) is 2.76. The van der Waals surface area contributed by atoms with Crippen LogP contribution in [0.3, 0.4) is 0 Å². The first kappa shape index (κ1) is 16.3. The van der Waals surface area contributed by atoms with Crippen LogP contribution in [0, 0.1) is 0 Å². The van der Waals surface area contributed by atoms with Crippen molar-refractivity contribution in [2.24, 2.45) is 0 Å². The van der Waals surface area contributed by atoms with Crippen molar-refractivity contribution >= 4 is 11.6 Å². The molecular weight excluding hydrogens is 346 g/mol. The van der Waals surface area contributed by atoms with E-state index < -0.39 is 5.41 Å². The number of carbonyl (C=O) groups is 1. The number of hydrogen-bond acceptors (Lipinski definition) is 5. The van der Waals surface area contributed by atoms with Gasteiger partial charge >= 0.3 is 0 Å². The van der Waals surface area contributed by atoms with E-state index in [2.05, 4.69) is 5.32 Å². The number of benzene rings is 2. The summed E-state index contributed by atoms with van der Waals surface area (Å²) in [5.41, 5.74) is 1.15. The Morgan fingerprint density at radius 3 is 2.33 bits per heavy atom. The number of rotatable bonds is 3. The van der Waals surface area contributed by atoms with E-state index in [0.717, 1.165) is 42.7 Å². The normalized spacial score (nSPS) is 19.0. The molecule has 1 N–H and O–H groups in total. The highest BCUT2D eigenvalue weighted by molar-refractivity contribution is 5.99. The van der Waals surface area contributed by atoms with Crippen molar-refractivity contribution in [2.45, 2.75) is 31.1 Å². The van der Waals surface area contributed by atoms with Crippen molar-refractivity contribution in [1.29, 1.82) is 0 Å². The first-order valence-electron chi connectivity index (χ1n) is 9.36. The van der Waals surface area contributed by atoms with Gasteiger partial charge in [-0.1, -0.05) is 18.9 Å². The first-order chi connectivity index (χ1) is 13.2. The smallest absolute Gasteiger partial charge is 0.235 e. The van der Waals surface area contributed by atoms with Gasteiger partial charge in [-0.05, 0) is 42.7 Å². The quantitative estimate of drug-likeness (QED) is 0.897. The van der Waals surface area contributed by atoms with E-state index in [9.17, 15) is 4.79 Å². The van der Waals surface area contributed by atoms with Crippen molar-refractivity contribution < 1.29 is 23.7 Å². The molecule has 0 spiro atoms. The van der Waals surface area contributed by atoms with Crippen LogP contribution in [0.25, 0.3) is 0 Å². The van der Waals surface area contributed by atoms with Gasteiger partial charge in [-0.3, -0.25) is 4.79 Å². The van der Waals surface area contributed by atoms with E-state index in [0.29, 0.717) is 30.4 Å². The Bertz CT molecular complexity index is 888. The lowest BCUT2D eigenvalue weighted by Crippen LogP contribution is -2.38. The fraction of sp³-hybridized carbons (Fsp3) is 0.381. The molecule has 6 heteroatoms. The number of nitrogens with one attached hydrogen (secondary N) is 1. The second kappa shape index (κ2) is 6.37. The Morgan fingerprint density at radius 2 is 1.48 bits per heavy atom. The predicted octanol–water partition coefficient (Wildman–Crippen LogP) is 3.64. The van der Waals surface area contributed by atoms with Crippen molar-refractivity contribution in [2.75, 3.05) is 25.3 Å². The summed E-state index contributed by atoms with van der Waals surface area (Å²) in [5.74, 6) is 2.84. The number of amides is 1. The molecule has 2 heterocycles. The van der Waals surface area contributed by atoms with Crippen LogP contribution < -0.4 is 24.3 Å². The summed E-state index contributed by atoms with van der Waals surface area (Å²) in [6.07, 6.45) is 3.71. The van der Waals surface area contributed by atoms with E-state index in [1.54, 1.807) is 0 Å². The molecule has 0 radical (unpaired) electrons. The minimum atomic E-state index is -0.549. The van der Waals surface area contributed by atoms with E-state index in [4.69, 9.17) is 18.9 Å². The molecule has 0 aromatic heterocycles. The molecule has 140 valence electrons. The number of carbonyl (C=O) groups excluding carboxylic acids is 1. The molecule has 1 aliphatic carbocycles. The SMILES string of the molecule is O=C(Nc1ccc2c(c1)OCO2)C1(c2ccc3c(c2)OCCO3)CCCC1. The number of hydrogen-bond donors (Lipinski definition) is 1. The molecule has 27 heavy (non-hydrogen) atoms. The largest absolute Gasteiger partial charge is 0.486 e. The van der Waals surface area contributed by atoms with Crippen molar-refractivity contribution in [3.63, 3.8) is 0 Å². The number of fused-ring (bicyclic) bond motifs is 2. The molecular formula is C21H21NO5. The Balaban J connectivity index is 1.45. The molecule has 1 amide bonds. The van der Waals surface area contributed by atoms with E-state index in [-0.39, 0.29) is 12.7 Å². The van der Waals surface area contributed by atoms with Gasteiger partial charge in [0.2, 0.25) is 12.7 Å². The Morgan fingerprint density at radius 1 is 0.815 bits per heavy atom. The highest BCUT2D eigenvalue weighted by Gasteiger charge is 2.43. The Labute approximate surface area is 157 Å². The van der Waals surface area contributed by atoms with Crippen LogP contribution in [-0.2, 0) is 10.2 Å². The van der Waals surface area contributed by atoms with Crippen LogP contribution in [0.4, 0.5) is 5.69 Å². The molecule has 5 rings (SSSR count). The summed E-state index contributed by atoms with van der Waals surface area (Å²) in [4.78, 5) is 13.4. The van der Waals surface area contributed by atoms with Crippen molar-refractivity contribution in [3.8, 4) is 23.0 Å². The zero-order chi connectivity index (χ0) is 18.3. The third-order valence-corrected chi connectivity index (χ3v) is 5.62. The lowest BCUT2D eigenvalue weighted by atomic mass is 9.77. The molecule has 0 atom stereocenters. The number of anilines is 1. The average molecular weight is 367 g/mol. The van der Waals surface area contributed by atoms with Gasteiger partial charge in [0.1, 0.15) is 13.2 Å². The van der Waals surface area contributed by atoms with Gasteiger partial charge < -0.3 is 24.3 Å². The van der Waals surface area contributed by atoms with E-state index in [1.165, 1.54) is 0 Å². The van der Waals surface area contributed by atoms with E-state index in [1.807, 2.05) is 36.4 Å². The fourth-order valence-electron chi connectivity index (χ4n) is 4.19. The summed E-state index contributed by atoms with van der Waals surface area (Å²) >= 11 is 0. The number of ether oxygens (including phenoxy) is 4. The molecule has 1 saturated carbocycles. The Hall–Kier alpha value is -2.89. The van der Waals surface area contributed by atoms with Crippen molar-refractivity contribution in [3.05, 3.63) is 42.0 Å². The van der Waals surface area contributed by atoms with Gasteiger partial charge in [0.25, 0.3) is 0 Å². The molecule has 0 saturated heterocycles. The fourth-order valence-corrected chi connectivity index (χ4v) is 4.19. The van der Waals surface area contributed by atoms with Crippen LogP contribution >= 0.6 is 0 Å². The Kier molecular flexibility index (Phi) is 3.85. The van der Waals surface area contributed by atoms with Gasteiger partial charge in [-0.25, -0.2) is 0 Å². The molecule has 3 aliphatic rings. The minimum absolute atomic E-state index is 0.00976. The summed E-state index contributed by atoms with van der Waals surface area (Å²) < 4.78 is 22.1. The minimum Gasteiger partial charge on any atom is -0.486 e. The third-order valence-electron chi connectivity index (χ3n) is 5.62. The second-order valence-electron chi connectivity index (χ2n) is 7.17. The molecule has 0 unspecified atom stereocenters. The molecule has 0 bridgehead atoms. The predicted molar refractivity (Wildman–Crippen MR) is 98.8 cm³/mol. The highest BCUT2D eigenvalue weighted by atomic mass is 16.7. The monoisotopic (exact) mass is 367 g/mol. The topological polar surface area (TPSA) is 66.0 Å². The highest BCUT2D eigenvalue weighted by Crippen LogP contribution is 2.45. The molecule has 6 nitrogen and oxygen atoms in total. The zero-order valence-corrected chi connectivity index (χ0v) is 15.0. The average Bonchev–Trinajstić information content (AvgIpc) is 3.37. The molecule has 2 aromatic carbocycles. The molecule has 2 aliphatic heterocycles. The lowest BCUT2D eigenvalue weighted by Gasteiger charge is -2.30. The van der Waals surface area contributed by atoms with Crippen LogP contribution in [0.2, 0.25) is 0 Å². The maximum absolute atomic E-state index is 13.4. The van der Waals surface area contributed by atoms with Gasteiger partial charge in [0.05, 0.1) is 5.41 Å². The standard InChI is InChI=1S/C21H21NO5/c23-20(22-15-4-6-17-19(12-15)27-13-26-17)21(7-1-2-8-21)14-3-5-16-18(11-14)25-10-9-24-16/h3-6,11-12H,1-2,7-10,13H2,(H,22,23). The van der Waals surface area contributed by atoms with Crippen LogP contribution in [0.1, 0.15) is 31.2 Å².